The summed E-state index contributed by atoms with van der Waals surface area (Å²) < 4.78 is 3.57. The normalized spacial score (nSPS) is 20.5. The number of imidazole rings is 1. The van der Waals surface area contributed by atoms with E-state index in [9.17, 15) is 9.59 Å². The fourth-order valence-electron chi connectivity index (χ4n) is 3.31. The molecule has 7 heteroatoms. The first-order valence-electron chi connectivity index (χ1n) is 8.49. The summed E-state index contributed by atoms with van der Waals surface area (Å²) in [5, 5.41) is 4.15. The minimum absolute atomic E-state index is 0.108. The summed E-state index contributed by atoms with van der Waals surface area (Å²) in [4.78, 5) is 30.8. The minimum atomic E-state index is -0.108. The molecular formula is C17H21N5O2. The first-order valence-corrected chi connectivity index (χ1v) is 8.49. The monoisotopic (exact) mass is 327 g/mol. The molecule has 2 aromatic rings. The molecule has 24 heavy (non-hydrogen) atoms. The molecule has 126 valence electrons. The van der Waals surface area contributed by atoms with Crippen LogP contribution in [0.4, 0.5) is 0 Å². The lowest BCUT2D eigenvalue weighted by Gasteiger charge is -2.24. The third-order valence-corrected chi connectivity index (χ3v) is 4.80. The van der Waals surface area contributed by atoms with Crippen LogP contribution in [0.25, 0.3) is 0 Å². The van der Waals surface area contributed by atoms with Crippen LogP contribution in [-0.2, 0) is 24.4 Å². The van der Waals surface area contributed by atoms with Crippen LogP contribution in [0.15, 0.2) is 35.5 Å². The van der Waals surface area contributed by atoms with Crippen molar-refractivity contribution >= 4 is 5.91 Å². The zero-order valence-electron chi connectivity index (χ0n) is 13.5. The molecule has 7 nitrogen and oxygen atoms in total. The van der Waals surface area contributed by atoms with Crippen molar-refractivity contribution in [3.05, 3.63) is 46.9 Å². The molecule has 2 aromatic heterocycles. The number of carbonyl (C=O) groups excluding carboxylic acids is 1. The van der Waals surface area contributed by atoms with Gasteiger partial charge in [0.15, 0.2) is 0 Å². The molecule has 1 atom stereocenters. The number of fused-ring (bicyclic) bond motifs is 1. The molecule has 1 saturated carbocycles. The Hall–Kier alpha value is -2.44. The number of hydrogen-bond acceptors (Lipinski definition) is 4. The van der Waals surface area contributed by atoms with Crippen molar-refractivity contribution in [2.24, 2.45) is 11.8 Å². The molecule has 0 saturated heterocycles. The smallest absolute Gasteiger partial charge is 0.266 e. The Morgan fingerprint density at radius 3 is 2.88 bits per heavy atom. The second-order valence-electron chi connectivity index (χ2n) is 6.83. The number of rotatable bonds is 4. The Bertz CT molecular complexity index is 792. The molecule has 1 fully saturated rings. The average molecular weight is 327 g/mol. The van der Waals surface area contributed by atoms with Crippen molar-refractivity contribution in [1.82, 2.24) is 24.2 Å². The highest BCUT2D eigenvalue weighted by Gasteiger charge is 2.30. The van der Waals surface area contributed by atoms with E-state index in [1.165, 1.54) is 23.6 Å². The van der Waals surface area contributed by atoms with E-state index < -0.39 is 0 Å². The van der Waals surface area contributed by atoms with Crippen molar-refractivity contribution in [2.75, 3.05) is 6.54 Å². The van der Waals surface area contributed by atoms with Crippen molar-refractivity contribution in [3.8, 4) is 0 Å². The maximum Gasteiger partial charge on any atom is 0.266 e. The van der Waals surface area contributed by atoms with Gasteiger partial charge in [-0.2, -0.15) is 5.10 Å². The second-order valence-corrected chi connectivity index (χ2v) is 6.83. The van der Waals surface area contributed by atoms with Crippen molar-refractivity contribution in [2.45, 2.75) is 38.9 Å². The predicted molar refractivity (Wildman–Crippen MR) is 87.0 cm³/mol. The van der Waals surface area contributed by atoms with E-state index in [0.29, 0.717) is 32.0 Å². The number of hydrogen-bond donors (Lipinski definition) is 0. The van der Waals surface area contributed by atoms with E-state index in [2.05, 4.69) is 14.6 Å². The highest BCUT2D eigenvalue weighted by Crippen LogP contribution is 2.33. The molecule has 3 heterocycles. The molecule has 2 aliphatic rings. The average Bonchev–Trinajstić information content (AvgIpc) is 3.31. The lowest BCUT2D eigenvalue weighted by atomic mass is 10.1. The zero-order chi connectivity index (χ0) is 16.5. The van der Waals surface area contributed by atoms with Gasteiger partial charge < -0.3 is 9.47 Å². The SMILES string of the molecule is O=C(CC1CC1)N1Cc2nccn2CC(Cn2ncccc2=O)C1. The Labute approximate surface area is 139 Å². The van der Waals surface area contributed by atoms with Gasteiger partial charge in [-0.15, -0.1) is 0 Å². The van der Waals surface area contributed by atoms with E-state index in [4.69, 9.17) is 0 Å². The lowest BCUT2D eigenvalue weighted by Crippen LogP contribution is -2.37. The summed E-state index contributed by atoms with van der Waals surface area (Å²) in [7, 11) is 0. The van der Waals surface area contributed by atoms with Crippen LogP contribution in [0.5, 0.6) is 0 Å². The van der Waals surface area contributed by atoms with Gasteiger partial charge in [0.2, 0.25) is 5.91 Å². The van der Waals surface area contributed by atoms with Crippen LogP contribution < -0.4 is 5.56 Å². The van der Waals surface area contributed by atoms with Gasteiger partial charge in [-0.3, -0.25) is 9.59 Å². The highest BCUT2D eigenvalue weighted by atomic mass is 16.2. The van der Waals surface area contributed by atoms with Gasteiger partial charge in [0, 0.05) is 50.1 Å². The number of carbonyl (C=O) groups is 1. The first-order chi connectivity index (χ1) is 11.7. The maximum atomic E-state index is 12.6. The fraction of sp³-hybridized carbons (Fsp3) is 0.529. The topological polar surface area (TPSA) is 73.0 Å². The number of amides is 1. The van der Waals surface area contributed by atoms with Gasteiger partial charge in [0.05, 0.1) is 13.1 Å². The first kappa shape index (κ1) is 15.1. The van der Waals surface area contributed by atoms with Crippen molar-refractivity contribution in [1.29, 1.82) is 0 Å². The number of aromatic nitrogens is 4. The van der Waals surface area contributed by atoms with E-state index in [-0.39, 0.29) is 17.4 Å². The van der Waals surface area contributed by atoms with E-state index in [0.717, 1.165) is 12.4 Å². The molecular weight excluding hydrogens is 306 g/mol. The van der Waals surface area contributed by atoms with Crippen LogP contribution in [-0.4, -0.2) is 36.7 Å². The standard InChI is InChI=1S/C17H21N5O2/c23-16-2-1-5-19-22(16)11-14-9-20-7-6-18-15(20)12-21(10-14)17(24)8-13-3-4-13/h1-2,5-7,13-14H,3-4,8-12H2. The maximum absolute atomic E-state index is 12.6. The molecule has 0 radical (unpaired) electrons. The highest BCUT2D eigenvalue weighted by molar-refractivity contribution is 5.76. The molecule has 4 rings (SSSR count). The van der Waals surface area contributed by atoms with Crippen LogP contribution in [0, 0.1) is 11.8 Å². The van der Waals surface area contributed by atoms with Gasteiger partial charge in [0.1, 0.15) is 5.82 Å². The summed E-state index contributed by atoms with van der Waals surface area (Å²) in [5.41, 5.74) is -0.108. The molecule has 1 unspecified atom stereocenters. The van der Waals surface area contributed by atoms with E-state index in [1.807, 2.05) is 11.1 Å². The van der Waals surface area contributed by atoms with Gasteiger partial charge >= 0.3 is 0 Å². The quantitative estimate of drug-likeness (QED) is 0.836. The third kappa shape index (κ3) is 3.25. The van der Waals surface area contributed by atoms with Crippen LogP contribution in [0.1, 0.15) is 25.1 Å². The third-order valence-electron chi connectivity index (χ3n) is 4.80. The Kier molecular flexibility index (Phi) is 3.92. The van der Waals surface area contributed by atoms with Gasteiger partial charge in [-0.05, 0) is 24.8 Å². The summed E-state index contributed by atoms with van der Waals surface area (Å²) in [6, 6.07) is 3.16. The summed E-state index contributed by atoms with van der Waals surface area (Å²) in [6.07, 6.45) is 8.31. The predicted octanol–water partition coefficient (Wildman–Crippen LogP) is 0.898. The molecule has 0 aromatic carbocycles. The molecule has 0 spiro atoms. The van der Waals surface area contributed by atoms with Crippen LogP contribution >= 0.6 is 0 Å². The molecule has 0 bridgehead atoms. The Balaban J connectivity index is 1.55. The summed E-state index contributed by atoms with van der Waals surface area (Å²) in [5.74, 6) is 1.82. The van der Waals surface area contributed by atoms with Crippen LogP contribution in [0.2, 0.25) is 0 Å². The molecule has 1 aliphatic heterocycles. The van der Waals surface area contributed by atoms with E-state index in [1.54, 1.807) is 18.5 Å². The minimum Gasteiger partial charge on any atom is -0.335 e. The fourth-order valence-corrected chi connectivity index (χ4v) is 3.31. The van der Waals surface area contributed by atoms with Gasteiger partial charge in [0.25, 0.3) is 5.56 Å². The molecule has 0 N–H and O–H groups in total. The van der Waals surface area contributed by atoms with Crippen molar-refractivity contribution < 1.29 is 4.79 Å². The summed E-state index contributed by atoms with van der Waals surface area (Å²) in [6.45, 7) is 2.43. The molecule has 1 amide bonds. The lowest BCUT2D eigenvalue weighted by molar-refractivity contribution is -0.132. The summed E-state index contributed by atoms with van der Waals surface area (Å²) >= 11 is 0. The zero-order valence-corrected chi connectivity index (χ0v) is 13.5. The number of nitrogens with zero attached hydrogens (tertiary/aromatic N) is 5. The Morgan fingerprint density at radius 1 is 1.21 bits per heavy atom. The van der Waals surface area contributed by atoms with Gasteiger partial charge in [-0.1, -0.05) is 0 Å². The molecule has 1 aliphatic carbocycles. The van der Waals surface area contributed by atoms with E-state index >= 15 is 0 Å². The Morgan fingerprint density at radius 2 is 2.08 bits per heavy atom. The van der Waals surface area contributed by atoms with Crippen LogP contribution in [0.3, 0.4) is 0 Å². The van der Waals surface area contributed by atoms with Crippen molar-refractivity contribution in [3.63, 3.8) is 0 Å². The largest absolute Gasteiger partial charge is 0.335 e. The van der Waals surface area contributed by atoms with Gasteiger partial charge in [-0.25, -0.2) is 9.67 Å². The second kappa shape index (κ2) is 6.22.